The largest absolute Gasteiger partial charge is 0.481 e. The van der Waals surface area contributed by atoms with Crippen LogP contribution in [0.25, 0.3) is 0 Å². The molecule has 19 heavy (non-hydrogen) atoms. The third-order valence-electron chi connectivity index (χ3n) is 1.29. The Labute approximate surface area is 105 Å². The van der Waals surface area contributed by atoms with E-state index in [-0.39, 0.29) is 12.3 Å². The maximum absolute atomic E-state index is 10.3. The molecule has 114 valence electrons. The summed E-state index contributed by atoms with van der Waals surface area (Å²) in [5, 5.41) is 47.4. The highest BCUT2D eigenvalue weighted by molar-refractivity contribution is 5.88. The average Bonchev–Trinajstić information content (AvgIpc) is 1.98. The summed E-state index contributed by atoms with van der Waals surface area (Å²) < 4.78 is 0. The van der Waals surface area contributed by atoms with Crippen LogP contribution < -0.4 is 12.3 Å². The monoisotopic (exact) mass is 289 g/mol. The van der Waals surface area contributed by atoms with Crippen LogP contribution in [0.15, 0.2) is 0 Å². The number of rotatable bonds is 5. The Balaban J connectivity index is -0.000000165. The van der Waals surface area contributed by atoms with Crippen LogP contribution in [0, 0.1) is 10.1 Å². The summed E-state index contributed by atoms with van der Waals surface area (Å²) in [6.07, 6.45) is -2.29. The predicted molar refractivity (Wildman–Crippen MR) is 55.9 cm³/mol. The number of hydrogen-bond donors (Lipinski definition) is 7. The molecule has 0 unspecified atom stereocenters. The second-order valence-corrected chi connectivity index (χ2v) is 2.72. The fourth-order valence-electron chi connectivity index (χ4n) is 0.714. The number of aliphatic carboxylic acids is 3. The van der Waals surface area contributed by atoms with E-state index in [1.165, 1.54) is 0 Å². The van der Waals surface area contributed by atoms with E-state index in [0.717, 1.165) is 0 Å². The number of carboxylic acid groups (broad SMARTS) is 3. The number of nitrogens with zero attached hydrogens (tertiary/aromatic N) is 1. The Kier molecular flexibility index (Phi) is 14.2. The van der Waals surface area contributed by atoms with Crippen molar-refractivity contribution in [3.63, 3.8) is 0 Å². The lowest BCUT2D eigenvalue weighted by atomic mass is 9.96. The van der Waals surface area contributed by atoms with Gasteiger partial charge in [0, 0.05) is 0 Å². The molecule has 0 saturated carbocycles. The van der Waals surface area contributed by atoms with E-state index in [4.69, 9.17) is 35.7 Å². The van der Waals surface area contributed by atoms with Gasteiger partial charge in [0.15, 0.2) is 5.60 Å². The number of hydrogen-bond acceptors (Lipinski definition) is 8. The molecule has 13 nitrogen and oxygen atoms in total. The molecule has 0 aliphatic rings. The maximum Gasteiger partial charge on any atom is 0.336 e. The van der Waals surface area contributed by atoms with E-state index >= 15 is 0 Å². The van der Waals surface area contributed by atoms with Crippen LogP contribution >= 0.6 is 0 Å². The van der Waals surface area contributed by atoms with Gasteiger partial charge in [-0.2, -0.15) is 0 Å². The van der Waals surface area contributed by atoms with Gasteiger partial charge in [-0.15, -0.1) is 10.1 Å². The maximum atomic E-state index is 10.3. The van der Waals surface area contributed by atoms with Crippen molar-refractivity contribution in [1.82, 2.24) is 12.3 Å². The molecule has 0 aliphatic heterocycles. The van der Waals surface area contributed by atoms with Crippen molar-refractivity contribution in [3.8, 4) is 0 Å². The minimum atomic E-state index is -2.74. The molecule has 0 spiro atoms. The lowest BCUT2D eigenvalue weighted by Gasteiger charge is -2.18. The number of aliphatic hydroxyl groups is 1. The topological polar surface area (TPSA) is 265 Å². The molecule has 0 atom stereocenters. The van der Waals surface area contributed by atoms with Gasteiger partial charge in [0.05, 0.1) is 12.8 Å². The Morgan fingerprint density at radius 1 is 1.00 bits per heavy atom. The van der Waals surface area contributed by atoms with Crippen LogP contribution in [0.5, 0.6) is 0 Å². The molecular formula is C6H15N3O10. The summed E-state index contributed by atoms with van der Waals surface area (Å²) in [7, 11) is 0. The van der Waals surface area contributed by atoms with Crippen molar-refractivity contribution in [2.45, 2.75) is 18.4 Å². The lowest BCUT2D eigenvalue weighted by Crippen LogP contribution is -2.42. The molecule has 13 heteroatoms. The average molecular weight is 289 g/mol. The molecule has 0 heterocycles. The zero-order valence-corrected chi connectivity index (χ0v) is 9.55. The van der Waals surface area contributed by atoms with Crippen LogP contribution in [-0.2, 0) is 14.4 Å². The van der Waals surface area contributed by atoms with Gasteiger partial charge in [0.1, 0.15) is 0 Å². The third-order valence-corrected chi connectivity index (χ3v) is 1.29. The zero-order chi connectivity index (χ0) is 14.2. The Morgan fingerprint density at radius 3 is 1.32 bits per heavy atom. The number of carbonyl (C=O) groups is 3. The van der Waals surface area contributed by atoms with Gasteiger partial charge in [-0.3, -0.25) is 9.59 Å². The molecule has 11 N–H and O–H groups in total. The van der Waals surface area contributed by atoms with Crippen molar-refractivity contribution < 1.29 is 45.1 Å². The zero-order valence-electron chi connectivity index (χ0n) is 9.55. The van der Waals surface area contributed by atoms with Crippen LogP contribution in [-0.4, -0.2) is 54.2 Å². The van der Waals surface area contributed by atoms with Crippen LogP contribution in [0.4, 0.5) is 0 Å². The van der Waals surface area contributed by atoms with Crippen LogP contribution in [0.1, 0.15) is 12.8 Å². The summed E-state index contributed by atoms with van der Waals surface area (Å²) >= 11 is 0. The van der Waals surface area contributed by atoms with Gasteiger partial charge in [0.25, 0.3) is 5.09 Å². The van der Waals surface area contributed by atoms with Crippen molar-refractivity contribution in [1.29, 1.82) is 0 Å². The molecule has 0 aromatic carbocycles. The van der Waals surface area contributed by atoms with Crippen molar-refractivity contribution in [2.24, 2.45) is 0 Å². The lowest BCUT2D eigenvalue weighted by molar-refractivity contribution is -0.742. The predicted octanol–water partition coefficient (Wildman–Crippen LogP) is -1.27. The molecule has 0 saturated heterocycles. The van der Waals surface area contributed by atoms with Gasteiger partial charge in [-0.05, 0) is 0 Å². The van der Waals surface area contributed by atoms with Crippen LogP contribution in [0.2, 0.25) is 0 Å². The summed E-state index contributed by atoms with van der Waals surface area (Å²) in [4.78, 5) is 38.8. The summed E-state index contributed by atoms with van der Waals surface area (Å²) in [5.74, 6) is -5.02. The van der Waals surface area contributed by atoms with Crippen LogP contribution in [0.3, 0.4) is 0 Å². The quantitative estimate of drug-likeness (QED) is 0.230. The fraction of sp³-hybridized carbons (Fsp3) is 0.500. The van der Waals surface area contributed by atoms with E-state index in [1.54, 1.807) is 0 Å². The van der Waals surface area contributed by atoms with E-state index in [9.17, 15) is 14.4 Å². The summed E-state index contributed by atoms with van der Waals surface area (Å²) in [6, 6.07) is 0. The highest BCUT2D eigenvalue weighted by Gasteiger charge is 2.40. The molecule has 0 radical (unpaired) electrons. The van der Waals surface area contributed by atoms with E-state index in [1.807, 2.05) is 0 Å². The summed E-state index contributed by atoms with van der Waals surface area (Å²) in [6.45, 7) is 0. The smallest absolute Gasteiger partial charge is 0.336 e. The Bertz CT molecular complexity index is 309. The van der Waals surface area contributed by atoms with Crippen molar-refractivity contribution >= 4 is 17.9 Å². The molecule has 0 aliphatic carbocycles. The Hall–Kier alpha value is -2.51. The fourth-order valence-corrected chi connectivity index (χ4v) is 0.714. The highest BCUT2D eigenvalue weighted by Crippen LogP contribution is 2.15. The minimum Gasteiger partial charge on any atom is -0.481 e. The SMILES string of the molecule is N.N.O=C(O)CC(O)(CC(=O)O)C(=O)O.O=[N+]([O-])O. The second-order valence-electron chi connectivity index (χ2n) is 2.72. The normalized spacial score (nSPS) is 8.68. The van der Waals surface area contributed by atoms with E-state index in [2.05, 4.69) is 0 Å². The van der Waals surface area contributed by atoms with E-state index < -0.39 is 41.4 Å². The van der Waals surface area contributed by atoms with Gasteiger partial charge in [-0.1, -0.05) is 0 Å². The number of carboxylic acids is 3. The minimum absolute atomic E-state index is 0. The highest BCUT2D eigenvalue weighted by atomic mass is 16.9. The Morgan fingerprint density at radius 2 is 1.21 bits per heavy atom. The van der Waals surface area contributed by atoms with Gasteiger partial charge >= 0.3 is 17.9 Å². The molecule has 0 amide bonds. The molecule has 0 bridgehead atoms. The molecular weight excluding hydrogens is 274 g/mol. The van der Waals surface area contributed by atoms with Crippen molar-refractivity contribution in [3.05, 3.63) is 10.1 Å². The van der Waals surface area contributed by atoms with Gasteiger partial charge in [-0.25, -0.2) is 4.79 Å². The first-order chi connectivity index (χ1) is 7.51. The molecule has 0 aromatic heterocycles. The molecule has 0 rings (SSSR count). The first-order valence-corrected chi connectivity index (χ1v) is 3.74. The standard InChI is InChI=1S/C6H8O7.HNO3.2H3N/c7-3(8)1-6(13,5(11)12)2-4(9)10;2-1(3)4;;/h13H,1-2H2,(H,7,8)(H,9,10)(H,11,12);(H,2,3,4);2*1H3. The van der Waals surface area contributed by atoms with Gasteiger partial charge < -0.3 is 37.9 Å². The second kappa shape index (κ2) is 10.6. The molecule has 0 aromatic rings. The first-order valence-electron chi connectivity index (χ1n) is 3.74. The summed E-state index contributed by atoms with van der Waals surface area (Å²) in [5.41, 5.74) is -2.74. The first kappa shape index (κ1) is 25.4. The van der Waals surface area contributed by atoms with Gasteiger partial charge in [0.2, 0.25) is 0 Å². The third kappa shape index (κ3) is 15.5. The van der Waals surface area contributed by atoms with Crippen molar-refractivity contribution in [2.75, 3.05) is 0 Å². The van der Waals surface area contributed by atoms with E-state index in [0.29, 0.717) is 0 Å². The molecule has 0 fully saturated rings.